The number of carboxylic acid groups (broad SMARTS) is 1. The Labute approximate surface area is 190 Å². The van der Waals surface area contributed by atoms with E-state index in [0.717, 1.165) is 49.3 Å². The topological polar surface area (TPSA) is 100 Å². The molecule has 6 heteroatoms. The van der Waals surface area contributed by atoms with E-state index in [9.17, 15) is 9.90 Å². The van der Waals surface area contributed by atoms with Crippen LogP contribution in [-0.2, 0) is 11.2 Å². The fourth-order valence-electron chi connectivity index (χ4n) is 3.26. The Balaban J connectivity index is 0.000000520. The summed E-state index contributed by atoms with van der Waals surface area (Å²) in [5.41, 5.74) is 8.70. The Morgan fingerprint density at radius 2 is 1.72 bits per heavy atom. The van der Waals surface area contributed by atoms with Crippen LogP contribution in [0.5, 0.6) is 0 Å². The van der Waals surface area contributed by atoms with E-state index in [2.05, 4.69) is 15.6 Å². The van der Waals surface area contributed by atoms with E-state index in [1.807, 2.05) is 79.7 Å². The second-order valence-electron chi connectivity index (χ2n) is 7.42. The number of benzene rings is 2. The third-order valence-electron chi connectivity index (χ3n) is 5.00. The number of aliphatic carboxylic acids is 1. The van der Waals surface area contributed by atoms with E-state index in [4.69, 9.17) is 5.73 Å². The molecule has 0 bridgehead atoms. The van der Waals surface area contributed by atoms with Crippen molar-refractivity contribution in [1.82, 2.24) is 10.3 Å². The molecule has 0 saturated heterocycles. The van der Waals surface area contributed by atoms with Crippen molar-refractivity contribution in [2.45, 2.75) is 32.1 Å². The van der Waals surface area contributed by atoms with Crippen LogP contribution in [0.4, 0.5) is 11.5 Å². The molecule has 1 heterocycles. The maximum Gasteiger partial charge on any atom is 0.310 e. The zero-order valence-corrected chi connectivity index (χ0v) is 18.7. The Bertz CT molecular complexity index is 892. The van der Waals surface area contributed by atoms with Crippen LogP contribution in [0.3, 0.4) is 0 Å². The van der Waals surface area contributed by atoms with Gasteiger partial charge in [0, 0.05) is 12.7 Å². The van der Waals surface area contributed by atoms with Crippen LogP contribution in [-0.4, -0.2) is 35.7 Å². The van der Waals surface area contributed by atoms with Crippen LogP contribution in [0.15, 0.2) is 79.0 Å². The molecule has 0 aliphatic heterocycles. The molecule has 170 valence electrons. The smallest absolute Gasteiger partial charge is 0.310 e. The molecule has 0 fully saturated rings. The molecule has 0 saturated carbocycles. The van der Waals surface area contributed by atoms with Crippen LogP contribution in [0, 0.1) is 0 Å². The lowest BCUT2D eigenvalue weighted by Gasteiger charge is -2.12. The zero-order chi connectivity index (χ0) is 23.0. The number of hydrogen-bond donors (Lipinski definition) is 4. The fraction of sp³-hybridized carbons (Fsp3) is 0.308. The molecule has 0 spiro atoms. The molecule has 1 atom stereocenters. The van der Waals surface area contributed by atoms with E-state index >= 15 is 0 Å². The molecule has 5 N–H and O–H groups in total. The van der Waals surface area contributed by atoms with E-state index in [0.29, 0.717) is 12.2 Å². The van der Waals surface area contributed by atoms with Gasteiger partial charge in [-0.2, -0.15) is 0 Å². The summed E-state index contributed by atoms with van der Waals surface area (Å²) < 4.78 is 0. The normalized spacial score (nSPS) is 11.2. The number of pyridine rings is 1. The summed E-state index contributed by atoms with van der Waals surface area (Å²) in [7, 11) is 0. The molecule has 0 aliphatic rings. The van der Waals surface area contributed by atoms with E-state index in [-0.39, 0.29) is 0 Å². The predicted molar refractivity (Wildman–Crippen MR) is 132 cm³/mol. The monoisotopic (exact) mass is 434 g/mol. The minimum atomic E-state index is -0.760. The standard InChI is InChI=1S/C20H28N4O2.C6H6/c1-2-17(20(25)26)16-7-3-6-15(14-16)9-13-22-10-5-12-23-18-8-4-11-24-19(18)21;1-2-4-6-5-3-1/h3-4,6-8,11,14,17,22-23H,2,5,9-10,12-13H2,1H3,(H2,21,24)(H,25,26);1-6H. The average Bonchev–Trinajstić information content (AvgIpc) is 2.82. The van der Waals surface area contributed by atoms with Crippen LogP contribution in [0.1, 0.15) is 36.8 Å². The maximum atomic E-state index is 11.3. The van der Waals surface area contributed by atoms with Crippen LogP contribution in [0.2, 0.25) is 0 Å². The van der Waals surface area contributed by atoms with E-state index in [1.54, 1.807) is 6.20 Å². The lowest BCUT2D eigenvalue weighted by molar-refractivity contribution is -0.138. The first-order valence-corrected chi connectivity index (χ1v) is 11.1. The van der Waals surface area contributed by atoms with Gasteiger partial charge in [0.25, 0.3) is 0 Å². The number of aromatic nitrogens is 1. The second kappa shape index (κ2) is 14.6. The molecule has 1 aromatic heterocycles. The molecule has 3 rings (SSSR count). The summed E-state index contributed by atoms with van der Waals surface area (Å²) in [6.07, 6.45) is 4.14. The summed E-state index contributed by atoms with van der Waals surface area (Å²) in [5, 5.41) is 16.0. The van der Waals surface area contributed by atoms with Crippen molar-refractivity contribution in [2.75, 3.05) is 30.7 Å². The summed E-state index contributed by atoms with van der Waals surface area (Å²) in [6.45, 7) is 4.50. The van der Waals surface area contributed by atoms with E-state index in [1.165, 1.54) is 0 Å². The number of nitrogens with zero attached hydrogens (tertiary/aromatic N) is 1. The highest BCUT2D eigenvalue weighted by Crippen LogP contribution is 2.21. The van der Waals surface area contributed by atoms with Gasteiger partial charge in [0.15, 0.2) is 0 Å². The number of hydrogen-bond acceptors (Lipinski definition) is 5. The van der Waals surface area contributed by atoms with E-state index < -0.39 is 11.9 Å². The fourth-order valence-corrected chi connectivity index (χ4v) is 3.26. The molecule has 1 unspecified atom stereocenters. The van der Waals surface area contributed by atoms with Gasteiger partial charge in [0.1, 0.15) is 5.82 Å². The number of carboxylic acids is 1. The first kappa shape index (κ1) is 24.9. The van der Waals surface area contributed by atoms with Crippen LogP contribution in [0.25, 0.3) is 0 Å². The molecule has 3 aromatic rings. The summed E-state index contributed by atoms with van der Waals surface area (Å²) in [6, 6.07) is 23.7. The average molecular weight is 435 g/mol. The molecular weight excluding hydrogens is 400 g/mol. The van der Waals surface area contributed by atoms with Crippen LogP contribution >= 0.6 is 0 Å². The minimum absolute atomic E-state index is 0.422. The van der Waals surface area contributed by atoms with Gasteiger partial charge >= 0.3 is 5.97 Å². The van der Waals surface area contributed by atoms with Gasteiger partial charge in [0.05, 0.1) is 11.6 Å². The number of rotatable bonds is 11. The van der Waals surface area contributed by atoms with Crippen molar-refractivity contribution in [1.29, 1.82) is 0 Å². The summed E-state index contributed by atoms with van der Waals surface area (Å²) in [5.74, 6) is -0.662. The highest BCUT2D eigenvalue weighted by molar-refractivity contribution is 5.76. The number of anilines is 2. The Morgan fingerprint density at radius 3 is 2.34 bits per heavy atom. The molecule has 0 radical (unpaired) electrons. The quantitative estimate of drug-likeness (QED) is 0.330. The summed E-state index contributed by atoms with van der Waals surface area (Å²) >= 11 is 0. The lowest BCUT2D eigenvalue weighted by atomic mass is 9.94. The zero-order valence-electron chi connectivity index (χ0n) is 18.7. The maximum absolute atomic E-state index is 11.3. The third kappa shape index (κ3) is 9.18. The Hall–Kier alpha value is -3.38. The minimum Gasteiger partial charge on any atom is -0.481 e. The van der Waals surface area contributed by atoms with Gasteiger partial charge in [-0.3, -0.25) is 4.79 Å². The SMILES string of the molecule is CCC(C(=O)O)c1cccc(CCNCCCNc2cccnc2N)c1.c1ccccc1. The molecule has 0 aliphatic carbocycles. The van der Waals surface area contributed by atoms with Gasteiger partial charge < -0.3 is 21.5 Å². The molecule has 6 nitrogen and oxygen atoms in total. The van der Waals surface area contributed by atoms with Crippen LogP contribution < -0.4 is 16.4 Å². The molecule has 2 aromatic carbocycles. The van der Waals surface area contributed by atoms with Crippen molar-refractivity contribution in [3.63, 3.8) is 0 Å². The number of carbonyl (C=O) groups is 1. The van der Waals surface area contributed by atoms with Gasteiger partial charge in [-0.25, -0.2) is 4.98 Å². The number of nitrogens with one attached hydrogen (secondary N) is 2. The van der Waals surface area contributed by atoms with Gasteiger partial charge in [0.2, 0.25) is 0 Å². The van der Waals surface area contributed by atoms with Crippen molar-refractivity contribution < 1.29 is 9.90 Å². The molecule has 0 amide bonds. The molecule has 32 heavy (non-hydrogen) atoms. The molecular formula is C26H34N4O2. The first-order valence-electron chi connectivity index (χ1n) is 11.1. The first-order chi connectivity index (χ1) is 15.6. The van der Waals surface area contributed by atoms with Crippen molar-refractivity contribution in [3.8, 4) is 0 Å². The van der Waals surface area contributed by atoms with Gasteiger partial charge in [-0.1, -0.05) is 67.6 Å². The third-order valence-corrected chi connectivity index (χ3v) is 5.00. The highest BCUT2D eigenvalue weighted by atomic mass is 16.4. The van der Waals surface area contributed by atoms with Crippen molar-refractivity contribution in [2.24, 2.45) is 0 Å². The lowest BCUT2D eigenvalue weighted by Crippen LogP contribution is -2.21. The number of nitrogen functional groups attached to an aromatic ring is 1. The highest BCUT2D eigenvalue weighted by Gasteiger charge is 2.17. The second-order valence-corrected chi connectivity index (χ2v) is 7.42. The predicted octanol–water partition coefficient (Wildman–Crippen LogP) is 4.56. The Kier molecular flexibility index (Phi) is 11.4. The largest absolute Gasteiger partial charge is 0.481 e. The Morgan fingerprint density at radius 1 is 1.00 bits per heavy atom. The van der Waals surface area contributed by atoms with Gasteiger partial charge in [-0.15, -0.1) is 0 Å². The van der Waals surface area contributed by atoms with Crippen molar-refractivity contribution >= 4 is 17.5 Å². The number of nitrogens with two attached hydrogens (primary N) is 1. The summed E-state index contributed by atoms with van der Waals surface area (Å²) in [4.78, 5) is 15.3. The van der Waals surface area contributed by atoms with Gasteiger partial charge in [-0.05, 0) is 55.6 Å². The van der Waals surface area contributed by atoms with Crippen molar-refractivity contribution in [3.05, 3.63) is 90.1 Å².